The van der Waals surface area contributed by atoms with E-state index < -0.39 is 23.7 Å². The van der Waals surface area contributed by atoms with Gasteiger partial charge in [0, 0.05) is 18.7 Å². The van der Waals surface area contributed by atoms with Crippen LogP contribution in [0.1, 0.15) is 38.1 Å². The predicted molar refractivity (Wildman–Crippen MR) is 109 cm³/mol. The zero-order chi connectivity index (χ0) is 22.5. The Labute approximate surface area is 176 Å². The fourth-order valence-electron chi connectivity index (χ4n) is 3.09. The van der Waals surface area contributed by atoms with E-state index >= 15 is 0 Å². The van der Waals surface area contributed by atoms with Crippen LogP contribution < -0.4 is 9.47 Å². The zero-order valence-electron chi connectivity index (χ0n) is 18.4. The molecule has 0 spiro atoms. The minimum Gasteiger partial charge on any atom is -0.493 e. The molecule has 1 saturated heterocycles. The predicted octanol–water partition coefficient (Wildman–Crippen LogP) is 2.33. The second kappa shape index (κ2) is 9.69. The molecule has 9 nitrogen and oxygen atoms in total. The lowest BCUT2D eigenvalue weighted by molar-refractivity contribution is -0.150. The van der Waals surface area contributed by atoms with Gasteiger partial charge in [-0.15, -0.1) is 0 Å². The zero-order valence-corrected chi connectivity index (χ0v) is 18.4. The van der Waals surface area contributed by atoms with Crippen molar-refractivity contribution in [2.75, 3.05) is 40.5 Å². The van der Waals surface area contributed by atoms with Gasteiger partial charge in [0.05, 0.1) is 27.4 Å². The average molecular weight is 422 g/mol. The van der Waals surface area contributed by atoms with Crippen LogP contribution in [0.2, 0.25) is 0 Å². The number of carbonyl (C=O) groups excluding carboxylic acids is 3. The Morgan fingerprint density at radius 3 is 2.30 bits per heavy atom. The summed E-state index contributed by atoms with van der Waals surface area (Å²) in [4.78, 5) is 41.1. The van der Waals surface area contributed by atoms with Crippen LogP contribution in [0.4, 0.5) is 4.79 Å². The van der Waals surface area contributed by atoms with E-state index in [1.165, 1.54) is 24.0 Å². The molecule has 0 saturated carbocycles. The number of benzene rings is 1. The van der Waals surface area contributed by atoms with Crippen LogP contribution in [0.3, 0.4) is 0 Å². The number of carbonyl (C=O) groups is 3. The molecule has 30 heavy (non-hydrogen) atoms. The van der Waals surface area contributed by atoms with Gasteiger partial charge in [0.25, 0.3) is 5.91 Å². The van der Waals surface area contributed by atoms with Gasteiger partial charge in [-0.3, -0.25) is 4.79 Å². The van der Waals surface area contributed by atoms with Crippen molar-refractivity contribution in [3.63, 3.8) is 0 Å². The third-order valence-corrected chi connectivity index (χ3v) is 4.48. The van der Waals surface area contributed by atoms with Crippen LogP contribution in [0.25, 0.3) is 0 Å². The quantitative estimate of drug-likeness (QED) is 0.672. The maximum Gasteiger partial charge on any atom is 0.410 e. The molecule has 1 atom stereocenters. The molecule has 0 N–H and O–H groups in total. The highest BCUT2D eigenvalue weighted by Gasteiger charge is 2.39. The smallest absolute Gasteiger partial charge is 0.410 e. The van der Waals surface area contributed by atoms with Gasteiger partial charge >= 0.3 is 12.1 Å². The van der Waals surface area contributed by atoms with Gasteiger partial charge in [-0.05, 0) is 45.9 Å². The molecule has 1 fully saturated rings. The van der Waals surface area contributed by atoms with Crippen molar-refractivity contribution < 1.29 is 33.3 Å². The molecular weight excluding hydrogens is 392 g/mol. The lowest BCUT2D eigenvalue weighted by Gasteiger charge is -2.40. The SMILES string of the molecule is CCOC(=O)[C@H]1CN(C(=O)OC(C)(C)C)CCN1C(=O)c1ccc(OC)c(OC)c1. The number of piperazine rings is 1. The summed E-state index contributed by atoms with van der Waals surface area (Å²) in [5.41, 5.74) is -0.323. The maximum atomic E-state index is 13.2. The number of ether oxygens (including phenoxy) is 4. The molecular formula is C21H30N2O7. The molecule has 1 aliphatic rings. The second-order valence-electron chi connectivity index (χ2n) is 7.76. The van der Waals surface area contributed by atoms with Crippen LogP contribution in [0.15, 0.2) is 18.2 Å². The summed E-state index contributed by atoms with van der Waals surface area (Å²) in [5.74, 6) is -0.0356. The third kappa shape index (κ3) is 5.55. The molecule has 166 valence electrons. The number of nitrogens with zero attached hydrogens (tertiary/aromatic N) is 2. The number of esters is 1. The Bertz CT molecular complexity index is 788. The number of hydrogen-bond acceptors (Lipinski definition) is 7. The Hall–Kier alpha value is -2.97. The minimum absolute atomic E-state index is 0.00717. The molecule has 0 aromatic heterocycles. The highest BCUT2D eigenvalue weighted by Crippen LogP contribution is 2.29. The fraction of sp³-hybridized carbons (Fsp3) is 0.571. The van der Waals surface area contributed by atoms with Gasteiger partial charge in [0.15, 0.2) is 11.5 Å². The Kier molecular flexibility index (Phi) is 7.53. The molecule has 2 rings (SSSR count). The van der Waals surface area contributed by atoms with E-state index in [1.807, 2.05) is 0 Å². The van der Waals surface area contributed by atoms with E-state index in [-0.39, 0.29) is 32.1 Å². The normalized spacial score (nSPS) is 16.7. The number of amides is 2. The number of rotatable bonds is 5. The molecule has 0 bridgehead atoms. The van der Waals surface area contributed by atoms with Gasteiger partial charge in [-0.1, -0.05) is 0 Å². The summed E-state index contributed by atoms with van der Waals surface area (Å²) in [6.07, 6.45) is -0.532. The molecule has 2 amide bonds. The molecule has 9 heteroatoms. The van der Waals surface area contributed by atoms with Crippen molar-refractivity contribution in [1.29, 1.82) is 0 Å². The van der Waals surface area contributed by atoms with Gasteiger partial charge in [-0.2, -0.15) is 0 Å². The van der Waals surface area contributed by atoms with E-state index in [0.29, 0.717) is 17.1 Å². The van der Waals surface area contributed by atoms with Gasteiger partial charge in [0.1, 0.15) is 11.6 Å². The molecule has 0 radical (unpaired) electrons. The van der Waals surface area contributed by atoms with Gasteiger partial charge in [-0.25, -0.2) is 9.59 Å². The van der Waals surface area contributed by atoms with E-state index in [1.54, 1.807) is 45.9 Å². The van der Waals surface area contributed by atoms with Gasteiger partial charge in [0.2, 0.25) is 0 Å². The van der Waals surface area contributed by atoms with Crippen molar-refractivity contribution in [2.24, 2.45) is 0 Å². The Balaban J connectivity index is 2.26. The summed E-state index contributed by atoms with van der Waals surface area (Å²) >= 11 is 0. The first-order chi connectivity index (χ1) is 14.1. The monoisotopic (exact) mass is 422 g/mol. The lowest BCUT2D eigenvalue weighted by atomic mass is 10.1. The lowest BCUT2D eigenvalue weighted by Crippen LogP contribution is -2.60. The first kappa shape index (κ1) is 23.3. The summed E-state index contributed by atoms with van der Waals surface area (Å²) in [6, 6.07) is 3.85. The van der Waals surface area contributed by atoms with Crippen LogP contribution in [-0.4, -0.2) is 79.9 Å². The molecule has 1 aromatic carbocycles. The van der Waals surface area contributed by atoms with E-state index in [9.17, 15) is 14.4 Å². The highest BCUT2D eigenvalue weighted by atomic mass is 16.6. The Morgan fingerprint density at radius 1 is 1.07 bits per heavy atom. The largest absolute Gasteiger partial charge is 0.493 e. The summed E-state index contributed by atoms with van der Waals surface area (Å²) in [5, 5.41) is 0. The van der Waals surface area contributed by atoms with Crippen molar-refractivity contribution in [1.82, 2.24) is 9.80 Å². The second-order valence-corrected chi connectivity index (χ2v) is 7.76. The van der Waals surface area contributed by atoms with Crippen molar-refractivity contribution >= 4 is 18.0 Å². The minimum atomic E-state index is -0.938. The van der Waals surface area contributed by atoms with Crippen molar-refractivity contribution in [2.45, 2.75) is 39.3 Å². The standard InChI is InChI=1S/C21H30N2O7/c1-7-29-19(25)15-13-22(20(26)30-21(2,3)4)10-11-23(15)18(24)14-8-9-16(27-5)17(12-14)28-6/h8-9,12,15H,7,10-11,13H2,1-6H3/t15-/m1/s1. The molecule has 0 unspecified atom stereocenters. The highest BCUT2D eigenvalue weighted by molar-refractivity contribution is 5.97. The maximum absolute atomic E-state index is 13.2. The van der Waals surface area contributed by atoms with Crippen LogP contribution in [-0.2, 0) is 14.3 Å². The molecule has 0 aliphatic carbocycles. The summed E-state index contributed by atoms with van der Waals surface area (Å²) < 4.78 is 21.0. The van der Waals surface area contributed by atoms with E-state index in [0.717, 1.165) is 0 Å². The van der Waals surface area contributed by atoms with Crippen LogP contribution in [0.5, 0.6) is 11.5 Å². The summed E-state index contributed by atoms with van der Waals surface area (Å²) in [7, 11) is 2.99. The van der Waals surface area contributed by atoms with Gasteiger partial charge < -0.3 is 28.7 Å². The first-order valence-corrected chi connectivity index (χ1v) is 9.78. The third-order valence-electron chi connectivity index (χ3n) is 4.48. The van der Waals surface area contributed by atoms with Crippen LogP contribution >= 0.6 is 0 Å². The van der Waals surface area contributed by atoms with Crippen LogP contribution in [0, 0.1) is 0 Å². The topological polar surface area (TPSA) is 94.6 Å². The molecule has 1 aromatic rings. The first-order valence-electron chi connectivity index (χ1n) is 9.78. The fourth-order valence-corrected chi connectivity index (χ4v) is 3.09. The average Bonchev–Trinajstić information content (AvgIpc) is 2.71. The molecule has 1 aliphatic heterocycles. The number of methoxy groups -OCH3 is 2. The Morgan fingerprint density at radius 2 is 1.73 bits per heavy atom. The van der Waals surface area contributed by atoms with Crippen molar-refractivity contribution in [3.8, 4) is 11.5 Å². The van der Waals surface area contributed by atoms with Crippen molar-refractivity contribution in [3.05, 3.63) is 23.8 Å². The molecule has 1 heterocycles. The summed E-state index contributed by atoms with van der Waals surface area (Å²) in [6.45, 7) is 7.55. The number of hydrogen-bond donors (Lipinski definition) is 0. The van der Waals surface area contributed by atoms with E-state index in [4.69, 9.17) is 18.9 Å². The van der Waals surface area contributed by atoms with E-state index in [2.05, 4.69) is 0 Å².